The monoisotopic (exact) mass is 140 g/mol. The molecule has 0 aromatic heterocycles. The fourth-order valence-electron chi connectivity index (χ4n) is 0.440. The van der Waals surface area contributed by atoms with Gasteiger partial charge in [0.15, 0.2) is 0 Å². The van der Waals surface area contributed by atoms with Crippen LogP contribution in [0.5, 0.6) is 0 Å². The molecule has 10 heavy (non-hydrogen) atoms. The Labute approximate surface area is 61.2 Å². The Hall–Kier alpha value is -1.05. The van der Waals surface area contributed by atoms with Crippen molar-refractivity contribution < 1.29 is 9.53 Å². The number of esters is 1. The molecule has 0 fully saturated rings. The lowest BCUT2D eigenvalue weighted by Gasteiger charge is -1.91. The number of methoxy groups -OCH3 is 1. The number of carbonyl (C=O) groups is 1. The van der Waals surface area contributed by atoms with Crippen LogP contribution in [0.4, 0.5) is 0 Å². The fourth-order valence-corrected chi connectivity index (χ4v) is 0.440. The van der Waals surface area contributed by atoms with Crippen LogP contribution in [-0.2, 0) is 9.53 Å². The van der Waals surface area contributed by atoms with Gasteiger partial charge in [0.1, 0.15) is 0 Å². The molecular formula is C8H12O2. The van der Waals surface area contributed by atoms with Gasteiger partial charge in [0.2, 0.25) is 0 Å². The van der Waals surface area contributed by atoms with Gasteiger partial charge in [0.05, 0.1) is 13.5 Å². The molecule has 0 saturated carbocycles. The van der Waals surface area contributed by atoms with Crippen molar-refractivity contribution in [3.63, 3.8) is 0 Å². The van der Waals surface area contributed by atoms with Crippen LogP contribution in [0.1, 0.15) is 13.3 Å². The Morgan fingerprint density at radius 2 is 2.30 bits per heavy atom. The molecular weight excluding hydrogens is 128 g/mol. The molecule has 0 unspecified atom stereocenters. The summed E-state index contributed by atoms with van der Waals surface area (Å²) in [6.45, 7) is 5.51. The highest BCUT2D eigenvalue weighted by Crippen LogP contribution is 1.92. The lowest BCUT2D eigenvalue weighted by atomic mass is 10.3. The molecule has 0 N–H and O–H groups in total. The number of hydrogen-bond acceptors (Lipinski definition) is 2. The number of rotatable bonds is 3. The highest BCUT2D eigenvalue weighted by atomic mass is 16.5. The predicted octanol–water partition coefficient (Wildman–Crippen LogP) is 1.68. The van der Waals surface area contributed by atoms with Crippen LogP contribution in [0, 0.1) is 0 Å². The van der Waals surface area contributed by atoms with E-state index in [9.17, 15) is 4.79 Å². The minimum Gasteiger partial charge on any atom is -0.469 e. The van der Waals surface area contributed by atoms with E-state index >= 15 is 0 Å². The molecule has 2 heteroatoms. The second kappa shape index (κ2) is 4.79. The number of allylic oxidation sites excluding steroid dienone is 2. The van der Waals surface area contributed by atoms with Gasteiger partial charge in [-0.15, -0.1) is 0 Å². The molecule has 0 rings (SSSR count). The Morgan fingerprint density at radius 3 is 2.70 bits per heavy atom. The second-order valence-corrected chi connectivity index (χ2v) is 2.03. The zero-order valence-corrected chi connectivity index (χ0v) is 6.39. The fraction of sp³-hybridized carbons (Fsp3) is 0.375. The van der Waals surface area contributed by atoms with Crippen molar-refractivity contribution >= 4 is 5.97 Å². The van der Waals surface area contributed by atoms with Crippen LogP contribution in [0.3, 0.4) is 0 Å². The number of carbonyl (C=O) groups excluding carboxylic acids is 1. The van der Waals surface area contributed by atoms with Crippen LogP contribution >= 0.6 is 0 Å². The first-order chi connectivity index (χ1) is 4.66. The molecule has 0 aliphatic heterocycles. The summed E-state index contributed by atoms with van der Waals surface area (Å²) in [5, 5.41) is 0. The molecule has 0 saturated heterocycles. The highest BCUT2D eigenvalue weighted by Gasteiger charge is 1.92. The first-order valence-electron chi connectivity index (χ1n) is 3.05. The van der Waals surface area contributed by atoms with Crippen molar-refractivity contribution in [1.29, 1.82) is 0 Å². The van der Waals surface area contributed by atoms with E-state index in [1.165, 1.54) is 7.11 Å². The van der Waals surface area contributed by atoms with Crippen molar-refractivity contribution in [2.75, 3.05) is 7.11 Å². The van der Waals surface area contributed by atoms with Gasteiger partial charge < -0.3 is 4.74 Å². The molecule has 0 aliphatic carbocycles. The van der Waals surface area contributed by atoms with Gasteiger partial charge in [0, 0.05) is 0 Å². The predicted molar refractivity (Wildman–Crippen MR) is 40.6 cm³/mol. The molecule has 0 aromatic rings. The topological polar surface area (TPSA) is 26.3 Å². The first kappa shape index (κ1) is 8.95. The summed E-state index contributed by atoms with van der Waals surface area (Å²) in [6.07, 6.45) is 3.84. The van der Waals surface area contributed by atoms with Crippen LogP contribution < -0.4 is 0 Å². The third-order valence-corrected chi connectivity index (χ3v) is 0.915. The van der Waals surface area contributed by atoms with E-state index in [2.05, 4.69) is 11.3 Å². The summed E-state index contributed by atoms with van der Waals surface area (Å²) in [5.74, 6) is -0.225. The Morgan fingerprint density at radius 1 is 1.70 bits per heavy atom. The Kier molecular flexibility index (Phi) is 4.29. The van der Waals surface area contributed by atoms with Gasteiger partial charge in [-0.2, -0.15) is 0 Å². The Bertz CT molecular complexity index is 157. The van der Waals surface area contributed by atoms with Gasteiger partial charge in [-0.1, -0.05) is 24.3 Å². The van der Waals surface area contributed by atoms with Gasteiger partial charge >= 0.3 is 5.97 Å². The quantitative estimate of drug-likeness (QED) is 0.440. The Balaban J connectivity index is 3.53. The minimum absolute atomic E-state index is 0.225. The maximum Gasteiger partial charge on any atom is 0.309 e. The van der Waals surface area contributed by atoms with Crippen LogP contribution in [0.25, 0.3) is 0 Å². The first-order valence-corrected chi connectivity index (χ1v) is 3.05. The lowest BCUT2D eigenvalue weighted by Crippen LogP contribution is -1.96. The van der Waals surface area contributed by atoms with Crippen LogP contribution in [-0.4, -0.2) is 13.1 Å². The van der Waals surface area contributed by atoms with Crippen LogP contribution in [0.15, 0.2) is 24.3 Å². The molecule has 0 heterocycles. The van der Waals surface area contributed by atoms with E-state index in [-0.39, 0.29) is 5.97 Å². The molecule has 0 aliphatic rings. The van der Waals surface area contributed by atoms with Crippen molar-refractivity contribution in [2.45, 2.75) is 13.3 Å². The maximum absolute atomic E-state index is 10.5. The van der Waals surface area contributed by atoms with Gasteiger partial charge in [0.25, 0.3) is 0 Å². The summed E-state index contributed by atoms with van der Waals surface area (Å²) < 4.78 is 4.41. The molecule has 0 amide bonds. The molecule has 0 radical (unpaired) electrons. The highest BCUT2D eigenvalue weighted by molar-refractivity contribution is 5.70. The van der Waals surface area contributed by atoms with Gasteiger partial charge in [-0.25, -0.2) is 0 Å². The molecule has 2 nitrogen and oxygen atoms in total. The van der Waals surface area contributed by atoms with Gasteiger partial charge in [-0.3, -0.25) is 4.79 Å². The summed E-state index contributed by atoms with van der Waals surface area (Å²) >= 11 is 0. The van der Waals surface area contributed by atoms with E-state index in [0.717, 1.165) is 5.57 Å². The minimum atomic E-state index is -0.225. The summed E-state index contributed by atoms with van der Waals surface area (Å²) in [5.41, 5.74) is 0.934. The van der Waals surface area contributed by atoms with Crippen molar-refractivity contribution in [1.82, 2.24) is 0 Å². The lowest BCUT2D eigenvalue weighted by molar-refractivity contribution is -0.139. The zero-order valence-electron chi connectivity index (χ0n) is 6.39. The summed E-state index contributed by atoms with van der Waals surface area (Å²) in [6, 6.07) is 0. The third-order valence-electron chi connectivity index (χ3n) is 0.915. The van der Waals surface area contributed by atoms with E-state index < -0.39 is 0 Å². The summed E-state index contributed by atoms with van der Waals surface area (Å²) in [7, 11) is 1.37. The average molecular weight is 140 g/mol. The average Bonchev–Trinajstić information content (AvgIpc) is 1.87. The standard InChI is InChI=1S/C8H12O2/c1-7(2)5-4-6-8(9)10-3/h4-5H,1,6H2,2-3H3. The normalized spacial score (nSPS) is 9.80. The van der Waals surface area contributed by atoms with E-state index in [1.807, 2.05) is 6.92 Å². The summed E-state index contributed by atoms with van der Waals surface area (Å²) in [4.78, 5) is 10.5. The largest absolute Gasteiger partial charge is 0.469 e. The molecule has 0 bridgehead atoms. The second-order valence-electron chi connectivity index (χ2n) is 2.03. The SMILES string of the molecule is C=C(C)C=CCC(=O)OC. The molecule has 0 aromatic carbocycles. The van der Waals surface area contributed by atoms with E-state index in [0.29, 0.717) is 6.42 Å². The van der Waals surface area contributed by atoms with E-state index in [1.54, 1.807) is 12.2 Å². The third kappa shape index (κ3) is 5.09. The molecule has 0 atom stereocenters. The smallest absolute Gasteiger partial charge is 0.309 e. The number of ether oxygens (including phenoxy) is 1. The van der Waals surface area contributed by atoms with Crippen molar-refractivity contribution in [3.05, 3.63) is 24.3 Å². The van der Waals surface area contributed by atoms with Gasteiger partial charge in [-0.05, 0) is 6.92 Å². The van der Waals surface area contributed by atoms with Crippen molar-refractivity contribution in [2.24, 2.45) is 0 Å². The zero-order chi connectivity index (χ0) is 7.98. The number of hydrogen-bond donors (Lipinski definition) is 0. The van der Waals surface area contributed by atoms with Crippen molar-refractivity contribution in [3.8, 4) is 0 Å². The maximum atomic E-state index is 10.5. The van der Waals surface area contributed by atoms with E-state index in [4.69, 9.17) is 0 Å². The molecule has 0 spiro atoms. The molecule has 56 valence electrons. The van der Waals surface area contributed by atoms with Crippen LogP contribution in [0.2, 0.25) is 0 Å².